The van der Waals surface area contributed by atoms with E-state index in [0.717, 1.165) is 28.2 Å². The predicted octanol–water partition coefficient (Wildman–Crippen LogP) is 3.72. The number of nitrogens with zero attached hydrogens (tertiary/aromatic N) is 4. The Morgan fingerprint density at radius 2 is 1.92 bits per heavy atom. The fraction of sp³-hybridized carbons (Fsp3) is 0.105. The third kappa shape index (κ3) is 2.31. The summed E-state index contributed by atoms with van der Waals surface area (Å²) in [5, 5.41) is 0. The van der Waals surface area contributed by atoms with Crippen molar-refractivity contribution in [3.63, 3.8) is 0 Å². The SMILES string of the molecule is CC(=O)c1ccc2c(c1)nc(C)n2-c1cccc(-n2ccnc2)c1. The number of ketones is 1. The van der Waals surface area contributed by atoms with Crippen molar-refractivity contribution in [1.29, 1.82) is 0 Å². The summed E-state index contributed by atoms with van der Waals surface area (Å²) in [6, 6.07) is 13.8. The number of benzene rings is 2. The van der Waals surface area contributed by atoms with Gasteiger partial charge >= 0.3 is 0 Å². The summed E-state index contributed by atoms with van der Waals surface area (Å²) in [4.78, 5) is 20.3. The van der Waals surface area contributed by atoms with Crippen LogP contribution in [0.3, 0.4) is 0 Å². The van der Waals surface area contributed by atoms with E-state index in [-0.39, 0.29) is 5.78 Å². The number of imidazole rings is 2. The Morgan fingerprint density at radius 3 is 2.67 bits per heavy atom. The van der Waals surface area contributed by atoms with E-state index >= 15 is 0 Å². The smallest absolute Gasteiger partial charge is 0.159 e. The van der Waals surface area contributed by atoms with E-state index in [4.69, 9.17) is 0 Å². The second-order valence-corrected chi connectivity index (χ2v) is 5.74. The van der Waals surface area contributed by atoms with Gasteiger partial charge in [-0.15, -0.1) is 0 Å². The Labute approximate surface area is 139 Å². The van der Waals surface area contributed by atoms with Crippen molar-refractivity contribution in [3.05, 3.63) is 72.6 Å². The number of carbonyl (C=O) groups excluding carboxylic acids is 1. The molecule has 5 nitrogen and oxygen atoms in total. The summed E-state index contributed by atoms with van der Waals surface area (Å²) >= 11 is 0. The normalized spacial score (nSPS) is 11.1. The van der Waals surface area contributed by atoms with E-state index < -0.39 is 0 Å². The van der Waals surface area contributed by atoms with Crippen molar-refractivity contribution in [2.24, 2.45) is 0 Å². The van der Waals surface area contributed by atoms with Gasteiger partial charge in [-0.3, -0.25) is 9.36 Å². The first-order chi connectivity index (χ1) is 11.6. The number of hydrogen-bond acceptors (Lipinski definition) is 3. The topological polar surface area (TPSA) is 52.7 Å². The van der Waals surface area contributed by atoms with Crippen LogP contribution >= 0.6 is 0 Å². The first-order valence-electron chi connectivity index (χ1n) is 7.72. The molecule has 0 radical (unpaired) electrons. The molecule has 0 bridgehead atoms. The van der Waals surface area contributed by atoms with Gasteiger partial charge in [0.05, 0.1) is 17.4 Å². The van der Waals surface area contributed by atoms with Crippen LogP contribution in [0.15, 0.2) is 61.2 Å². The van der Waals surface area contributed by atoms with Gasteiger partial charge in [0, 0.05) is 29.3 Å². The van der Waals surface area contributed by atoms with Gasteiger partial charge in [-0.1, -0.05) is 6.07 Å². The van der Waals surface area contributed by atoms with Gasteiger partial charge in [-0.25, -0.2) is 9.97 Å². The number of rotatable bonds is 3. The highest BCUT2D eigenvalue weighted by Crippen LogP contribution is 2.24. The van der Waals surface area contributed by atoms with Crippen molar-refractivity contribution in [2.45, 2.75) is 13.8 Å². The number of carbonyl (C=O) groups is 1. The Morgan fingerprint density at radius 1 is 1.08 bits per heavy atom. The number of Topliss-reactive ketones (excluding diaryl/α,β-unsaturated/α-hetero) is 1. The average Bonchev–Trinajstić information content (AvgIpc) is 3.21. The molecule has 0 N–H and O–H groups in total. The summed E-state index contributed by atoms with van der Waals surface area (Å²) in [6.45, 7) is 3.54. The predicted molar refractivity (Wildman–Crippen MR) is 92.9 cm³/mol. The zero-order valence-corrected chi connectivity index (χ0v) is 13.5. The number of aromatic nitrogens is 4. The van der Waals surface area contributed by atoms with Gasteiger partial charge in [0.15, 0.2) is 5.78 Å². The Balaban J connectivity index is 1.89. The van der Waals surface area contributed by atoms with Crippen molar-refractivity contribution in [2.75, 3.05) is 0 Å². The Kier molecular flexibility index (Phi) is 3.27. The number of aryl methyl sites for hydroxylation is 1. The molecule has 2 aromatic heterocycles. The maximum Gasteiger partial charge on any atom is 0.159 e. The molecule has 2 aromatic carbocycles. The summed E-state index contributed by atoms with van der Waals surface area (Å²) in [6.07, 6.45) is 5.45. The van der Waals surface area contributed by atoms with E-state index in [1.165, 1.54) is 0 Å². The molecule has 0 unspecified atom stereocenters. The van der Waals surface area contributed by atoms with Crippen LogP contribution in [0.4, 0.5) is 0 Å². The molecule has 0 amide bonds. The van der Waals surface area contributed by atoms with E-state index in [1.54, 1.807) is 19.4 Å². The molecule has 118 valence electrons. The molecule has 0 saturated carbocycles. The van der Waals surface area contributed by atoms with Crippen molar-refractivity contribution in [3.8, 4) is 11.4 Å². The second kappa shape index (κ2) is 5.45. The highest BCUT2D eigenvalue weighted by molar-refractivity contribution is 5.97. The minimum absolute atomic E-state index is 0.0474. The zero-order valence-electron chi connectivity index (χ0n) is 13.5. The van der Waals surface area contributed by atoms with Crippen LogP contribution in [-0.4, -0.2) is 24.9 Å². The van der Waals surface area contributed by atoms with Crippen molar-refractivity contribution < 1.29 is 4.79 Å². The van der Waals surface area contributed by atoms with Crippen LogP contribution in [0.1, 0.15) is 23.1 Å². The van der Waals surface area contributed by atoms with E-state index in [2.05, 4.69) is 20.6 Å². The van der Waals surface area contributed by atoms with Crippen LogP contribution in [0.25, 0.3) is 22.4 Å². The number of hydrogen-bond donors (Lipinski definition) is 0. The molecule has 0 fully saturated rings. The summed E-state index contributed by atoms with van der Waals surface area (Å²) < 4.78 is 4.06. The Bertz CT molecular complexity index is 1040. The molecule has 24 heavy (non-hydrogen) atoms. The summed E-state index contributed by atoms with van der Waals surface area (Å²) in [5.41, 5.74) is 4.55. The van der Waals surface area contributed by atoms with E-state index in [0.29, 0.717) is 5.56 Å². The minimum Gasteiger partial charge on any atom is -0.306 e. The third-order valence-corrected chi connectivity index (χ3v) is 4.12. The number of fused-ring (bicyclic) bond motifs is 1. The maximum absolute atomic E-state index is 11.6. The van der Waals surface area contributed by atoms with Gasteiger partial charge in [-0.05, 0) is 50.2 Å². The molecule has 0 atom stereocenters. The highest BCUT2D eigenvalue weighted by atomic mass is 16.1. The molecule has 0 saturated heterocycles. The lowest BCUT2D eigenvalue weighted by atomic mass is 10.1. The summed E-state index contributed by atoms with van der Waals surface area (Å²) in [5.74, 6) is 0.930. The van der Waals surface area contributed by atoms with E-state index in [1.807, 2.05) is 54.1 Å². The van der Waals surface area contributed by atoms with Crippen molar-refractivity contribution >= 4 is 16.8 Å². The lowest BCUT2D eigenvalue weighted by Crippen LogP contribution is -1.99. The second-order valence-electron chi connectivity index (χ2n) is 5.74. The fourth-order valence-electron chi connectivity index (χ4n) is 2.95. The molecular formula is C19H16N4O. The standard InChI is InChI=1S/C19H16N4O/c1-13(24)15-6-7-19-18(10-15)21-14(2)23(19)17-5-3-4-16(11-17)22-9-8-20-12-22/h3-12H,1-2H3. The van der Waals surface area contributed by atoms with Crippen LogP contribution in [0.5, 0.6) is 0 Å². The first kappa shape index (κ1) is 14.4. The van der Waals surface area contributed by atoms with Crippen LogP contribution in [0.2, 0.25) is 0 Å². The van der Waals surface area contributed by atoms with Gasteiger partial charge in [0.25, 0.3) is 0 Å². The highest BCUT2D eigenvalue weighted by Gasteiger charge is 2.11. The lowest BCUT2D eigenvalue weighted by molar-refractivity contribution is 0.101. The van der Waals surface area contributed by atoms with E-state index in [9.17, 15) is 4.79 Å². The Hall–Kier alpha value is -3.21. The molecule has 0 aliphatic heterocycles. The van der Waals surface area contributed by atoms with Gasteiger partial charge in [0.2, 0.25) is 0 Å². The first-order valence-corrected chi connectivity index (χ1v) is 7.72. The molecule has 0 aliphatic rings. The monoisotopic (exact) mass is 316 g/mol. The molecule has 5 heteroatoms. The molecule has 2 heterocycles. The molecule has 4 aromatic rings. The summed E-state index contributed by atoms with van der Waals surface area (Å²) in [7, 11) is 0. The lowest BCUT2D eigenvalue weighted by Gasteiger charge is -2.10. The minimum atomic E-state index is 0.0474. The maximum atomic E-state index is 11.6. The fourth-order valence-corrected chi connectivity index (χ4v) is 2.95. The van der Waals surface area contributed by atoms with Crippen molar-refractivity contribution in [1.82, 2.24) is 19.1 Å². The molecular weight excluding hydrogens is 300 g/mol. The molecule has 0 aliphatic carbocycles. The zero-order chi connectivity index (χ0) is 16.7. The van der Waals surface area contributed by atoms with Gasteiger partial charge in [-0.2, -0.15) is 0 Å². The molecule has 0 spiro atoms. The van der Waals surface area contributed by atoms with Gasteiger partial charge < -0.3 is 4.57 Å². The largest absolute Gasteiger partial charge is 0.306 e. The van der Waals surface area contributed by atoms with Crippen LogP contribution in [-0.2, 0) is 0 Å². The van der Waals surface area contributed by atoms with Crippen LogP contribution in [0, 0.1) is 6.92 Å². The van der Waals surface area contributed by atoms with Crippen LogP contribution < -0.4 is 0 Å². The van der Waals surface area contributed by atoms with Gasteiger partial charge in [0.1, 0.15) is 5.82 Å². The molecule has 4 rings (SSSR count). The third-order valence-electron chi connectivity index (χ3n) is 4.12. The average molecular weight is 316 g/mol. The quantitative estimate of drug-likeness (QED) is 0.541.